The molecule has 0 unspecified atom stereocenters. The number of carbonyl (C=O) groups excluding carboxylic acids is 1. The Morgan fingerprint density at radius 3 is 2.75 bits per heavy atom. The molecule has 142 valence electrons. The van der Waals surface area contributed by atoms with E-state index in [4.69, 9.17) is 11.6 Å². The number of thiophene rings is 1. The molecule has 0 aliphatic carbocycles. The quantitative estimate of drug-likeness (QED) is 0.442. The van der Waals surface area contributed by atoms with Crippen molar-refractivity contribution in [2.75, 3.05) is 0 Å². The lowest BCUT2D eigenvalue weighted by Gasteiger charge is -2.12. The predicted molar refractivity (Wildman–Crippen MR) is 113 cm³/mol. The topological polar surface area (TPSA) is 34.0 Å². The smallest absolute Gasteiger partial charge is 0.268 e. The van der Waals surface area contributed by atoms with Gasteiger partial charge in [-0.2, -0.15) is 0 Å². The van der Waals surface area contributed by atoms with E-state index >= 15 is 0 Å². The summed E-state index contributed by atoms with van der Waals surface area (Å²) < 4.78 is 16.9. The lowest BCUT2D eigenvalue weighted by atomic mass is 10.2. The van der Waals surface area contributed by atoms with Gasteiger partial charge in [-0.25, -0.2) is 4.39 Å². The number of fused-ring (bicyclic) bond motifs is 1. The summed E-state index contributed by atoms with van der Waals surface area (Å²) in [4.78, 5) is 14.1. The Labute approximate surface area is 171 Å². The van der Waals surface area contributed by atoms with Gasteiger partial charge in [0, 0.05) is 28.6 Å². The molecule has 0 aliphatic rings. The molecule has 1 amide bonds. The van der Waals surface area contributed by atoms with Gasteiger partial charge >= 0.3 is 0 Å². The van der Waals surface area contributed by atoms with Gasteiger partial charge in [-0.3, -0.25) is 4.79 Å². The molecule has 28 heavy (non-hydrogen) atoms. The molecule has 2 heterocycles. The first-order valence-corrected chi connectivity index (χ1v) is 10.1. The number of rotatable bonds is 5. The van der Waals surface area contributed by atoms with Gasteiger partial charge in [0.15, 0.2) is 0 Å². The number of hydrogen-bond donors (Lipinski definition) is 1. The maximum atomic E-state index is 13.8. The van der Waals surface area contributed by atoms with Crippen molar-refractivity contribution in [2.45, 2.75) is 20.0 Å². The van der Waals surface area contributed by atoms with Crippen LogP contribution in [0.4, 0.5) is 4.39 Å². The van der Waals surface area contributed by atoms with Crippen molar-refractivity contribution in [3.8, 4) is 0 Å². The van der Waals surface area contributed by atoms with E-state index in [0.29, 0.717) is 22.8 Å². The Bertz CT molecular complexity index is 1160. The number of carbonyl (C=O) groups is 1. The summed E-state index contributed by atoms with van der Waals surface area (Å²) in [6.07, 6.45) is 0. The number of aromatic nitrogens is 1. The van der Waals surface area contributed by atoms with Gasteiger partial charge < -0.3 is 9.88 Å². The number of nitrogens with one attached hydrogen (secondary N) is 1. The molecule has 0 saturated heterocycles. The first-order chi connectivity index (χ1) is 13.5. The van der Waals surface area contributed by atoms with Crippen LogP contribution in [0.5, 0.6) is 0 Å². The lowest BCUT2D eigenvalue weighted by molar-refractivity contribution is 0.0942. The first-order valence-electron chi connectivity index (χ1n) is 8.87. The molecule has 0 spiro atoms. The molecular formula is C22H18ClFN2OS. The van der Waals surface area contributed by atoms with Crippen LogP contribution in [0.15, 0.2) is 60.7 Å². The summed E-state index contributed by atoms with van der Waals surface area (Å²) in [6, 6.07) is 18.0. The summed E-state index contributed by atoms with van der Waals surface area (Å²) in [5.41, 5.74) is 3.04. The maximum Gasteiger partial charge on any atom is 0.268 e. The van der Waals surface area contributed by atoms with Gasteiger partial charge in [-0.05, 0) is 42.8 Å². The van der Waals surface area contributed by atoms with Crippen LogP contribution in [0.1, 0.15) is 26.5 Å². The van der Waals surface area contributed by atoms with Crippen molar-refractivity contribution in [3.63, 3.8) is 0 Å². The van der Waals surface area contributed by atoms with Gasteiger partial charge in [-0.1, -0.05) is 41.9 Å². The summed E-state index contributed by atoms with van der Waals surface area (Å²) in [7, 11) is 0. The normalized spacial score (nSPS) is 11.1. The predicted octanol–water partition coefficient (Wildman–Crippen LogP) is 5.78. The van der Waals surface area contributed by atoms with Crippen LogP contribution in [0.2, 0.25) is 5.02 Å². The average molecular weight is 413 g/mol. The minimum absolute atomic E-state index is 0.139. The second-order valence-corrected chi connectivity index (χ2v) is 8.35. The molecule has 0 fully saturated rings. The molecule has 6 heteroatoms. The third-order valence-electron chi connectivity index (χ3n) is 4.57. The van der Waals surface area contributed by atoms with Crippen molar-refractivity contribution >= 4 is 39.1 Å². The Morgan fingerprint density at radius 2 is 1.96 bits per heavy atom. The molecule has 0 atom stereocenters. The van der Waals surface area contributed by atoms with Crippen LogP contribution in [0.3, 0.4) is 0 Å². The van der Waals surface area contributed by atoms with Crippen molar-refractivity contribution in [3.05, 3.63) is 93.2 Å². The second kappa shape index (κ2) is 7.78. The molecule has 0 radical (unpaired) electrons. The fraction of sp³-hybridized carbons (Fsp3) is 0.136. The lowest BCUT2D eigenvalue weighted by Crippen LogP contribution is -2.26. The van der Waals surface area contributed by atoms with Gasteiger partial charge in [0.2, 0.25) is 0 Å². The monoisotopic (exact) mass is 412 g/mol. The van der Waals surface area contributed by atoms with Crippen LogP contribution in [-0.2, 0) is 13.1 Å². The molecule has 1 N–H and O–H groups in total. The number of benzene rings is 2. The van der Waals surface area contributed by atoms with Crippen molar-refractivity contribution in [2.24, 2.45) is 0 Å². The summed E-state index contributed by atoms with van der Waals surface area (Å²) in [6.45, 7) is 2.72. The maximum absolute atomic E-state index is 13.8. The van der Waals surface area contributed by atoms with Crippen molar-refractivity contribution in [1.82, 2.24) is 9.88 Å². The minimum atomic E-state index is -0.325. The van der Waals surface area contributed by atoms with Gasteiger partial charge in [0.1, 0.15) is 11.5 Å². The zero-order valence-electron chi connectivity index (χ0n) is 15.2. The SMILES string of the molecule is Cc1cc2c(cc(C(=O)NCc3ccccc3F)n2Cc2cccc(Cl)c2)s1. The molecule has 0 bridgehead atoms. The Morgan fingerprint density at radius 1 is 1.14 bits per heavy atom. The number of nitrogens with zero attached hydrogens (tertiary/aromatic N) is 1. The van der Waals surface area contributed by atoms with Gasteiger partial charge in [-0.15, -0.1) is 11.3 Å². The van der Waals surface area contributed by atoms with E-state index in [2.05, 4.69) is 11.4 Å². The molecular weight excluding hydrogens is 395 g/mol. The number of aryl methyl sites for hydroxylation is 1. The highest BCUT2D eigenvalue weighted by molar-refractivity contribution is 7.19. The Balaban J connectivity index is 1.65. The zero-order valence-corrected chi connectivity index (χ0v) is 16.8. The number of amides is 1. The molecule has 4 rings (SSSR count). The molecule has 4 aromatic rings. The van der Waals surface area contributed by atoms with E-state index in [1.807, 2.05) is 41.8 Å². The summed E-state index contributed by atoms with van der Waals surface area (Å²) in [5.74, 6) is -0.556. The Kier molecular flexibility index (Phi) is 5.20. The Hall–Kier alpha value is -2.63. The summed E-state index contributed by atoms with van der Waals surface area (Å²) in [5, 5.41) is 3.50. The van der Waals surface area contributed by atoms with E-state index in [1.54, 1.807) is 29.5 Å². The van der Waals surface area contributed by atoms with Crippen molar-refractivity contribution < 1.29 is 9.18 Å². The van der Waals surface area contributed by atoms with Crippen LogP contribution in [0.25, 0.3) is 10.2 Å². The average Bonchev–Trinajstić information content (AvgIpc) is 3.18. The minimum Gasteiger partial charge on any atom is -0.347 e. The van der Waals surface area contributed by atoms with Gasteiger partial charge in [0.25, 0.3) is 5.91 Å². The standard InChI is InChI=1S/C22H18ClFN2OS/c1-14-9-19-21(28-14)11-20(26(19)13-15-5-4-7-17(23)10-15)22(27)25-12-16-6-2-3-8-18(16)24/h2-11H,12-13H2,1H3,(H,25,27). The highest BCUT2D eigenvalue weighted by Gasteiger charge is 2.18. The molecule has 0 aliphatic heterocycles. The number of hydrogen-bond acceptors (Lipinski definition) is 2. The second-order valence-electron chi connectivity index (χ2n) is 6.63. The summed E-state index contributed by atoms with van der Waals surface area (Å²) >= 11 is 7.77. The number of halogens is 2. The highest BCUT2D eigenvalue weighted by atomic mass is 35.5. The van der Waals surface area contributed by atoms with E-state index < -0.39 is 0 Å². The van der Waals surface area contributed by atoms with E-state index in [9.17, 15) is 9.18 Å². The van der Waals surface area contributed by atoms with Gasteiger partial charge in [0.05, 0.1) is 10.2 Å². The molecule has 3 nitrogen and oxygen atoms in total. The fourth-order valence-corrected chi connectivity index (χ4v) is 4.42. The largest absolute Gasteiger partial charge is 0.347 e. The zero-order chi connectivity index (χ0) is 19.7. The molecule has 2 aromatic heterocycles. The van der Waals surface area contributed by atoms with Crippen LogP contribution < -0.4 is 5.32 Å². The highest BCUT2D eigenvalue weighted by Crippen LogP contribution is 2.29. The van der Waals surface area contributed by atoms with E-state index in [0.717, 1.165) is 15.8 Å². The fourth-order valence-electron chi connectivity index (χ4n) is 3.25. The molecule has 0 saturated carbocycles. The third kappa shape index (κ3) is 3.81. The van der Waals surface area contributed by atoms with Crippen LogP contribution in [-0.4, -0.2) is 10.5 Å². The molecule has 2 aromatic carbocycles. The van der Waals surface area contributed by atoms with Crippen LogP contribution in [0, 0.1) is 12.7 Å². The third-order valence-corrected chi connectivity index (χ3v) is 5.79. The first kappa shape index (κ1) is 18.7. The van der Waals surface area contributed by atoms with Crippen LogP contribution >= 0.6 is 22.9 Å². The van der Waals surface area contributed by atoms with E-state index in [1.165, 1.54) is 10.9 Å². The van der Waals surface area contributed by atoms with Crippen molar-refractivity contribution in [1.29, 1.82) is 0 Å². The van der Waals surface area contributed by atoms with E-state index in [-0.39, 0.29) is 18.3 Å².